The molecular weight excluding hydrogens is 398 g/mol. The Labute approximate surface area is 179 Å². The number of amides is 1. The summed E-state index contributed by atoms with van der Waals surface area (Å²) in [4.78, 5) is 19.7. The highest BCUT2D eigenvalue weighted by molar-refractivity contribution is 5.76. The van der Waals surface area contributed by atoms with Gasteiger partial charge in [-0.3, -0.25) is 0 Å². The number of likely N-dealkylation sites (tertiary alicyclic amines) is 1. The molecule has 0 aliphatic carbocycles. The summed E-state index contributed by atoms with van der Waals surface area (Å²) < 4.78 is 11.1. The quantitative estimate of drug-likeness (QED) is 0.778. The average Bonchev–Trinajstić information content (AvgIpc) is 2.93. The van der Waals surface area contributed by atoms with E-state index in [1.54, 1.807) is 13.2 Å². The Bertz CT molecular complexity index is 1080. The number of nitriles is 1. The summed E-state index contributed by atoms with van der Waals surface area (Å²) in [5, 5.41) is 22.3. The number of nitrogens with one attached hydrogen (secondary N) is 1. The van der Waals surface area contributed by atoms with Gasteiger partial charge in [-0.25, -0.2) is 9.78 Å². The van der Waals surface area contributed by atoms with Crippen LogP contribution in [0.1, 0.15) is 29.2 Å². The minimum absolute atomic E-state index is 0.109. The fraction of sp³-hybridized carbons (Fsp3) is 0.409. The number of hydrogen-bond donors (Lipinski definition) is 2. The number of anilines is 3. The van der Waals surface area contributed by atoms with Gasteiger partial charge in [0.15, 0.2) is 5.69 Å². The van der Waals surface area contributed by atoms with Crippen molar-refractivity contribution in [3.05, 3.63) is 41.2 Å². The average molecular weight is 421 g/mol. The van der Waals surface area contributed by atoms with Gasteiger partial charge in [-0.1, -0.05) is 0 Å². The molecule has 9 nitrogen and oxygen atoms in total. The van der Waals surface area contributed by atoms with Crippen LogP contribution in [0.4, 0.5) is 21.9 Å². The zero-order chi connectivity index (χ0) is 21.5. The number of nitrogens with zero attached hydrogens (tertiary/aromatic N) is 4. The Balaban J connectivity index is 1.56. The van der Waals surface area contributed by atoms with Crippen LogP contribution >= 0.6 is 0 Å². The molecule has 0 bridgehead atoms. The first-order chi connectivity index (χ1) is 15.1. The summed E-state index contributed by atoms with van der Waals surface area (Å²) in [5.74, 6) is 0.664. The normalized spacial score (nSPS) is 21.5. The molecule has 160 valence electrons. The van der Waals surface area contributed by atoms with E-state index in [4.69, 9.17) is 9.47 Å². The Morgan fingerprint density at radius 3 is 3.03 bits per heavy atom. The van der Waals surface area contributed by atoms with Gasteiger partial charge in [-0.05, 0) is 24.1 Å². The molecule has 2 atom stereocenters. The third-order valence-corrected chi connectivity index (χ3v) is 6.37. The lowest BCUT2D eigenvalue weighted by Crippen LogP contribution is -2.48. The summed E-state index contributed by atoms with van der Waals surface area (Å²) in [6.45, 7) is 2.97. The first-order valence-corrected chi connectivity index (χ1v) is 10.3. The second kappa shape index (κ2) is 7.63. The molecule has 1 fully saturated rings. The van der Waals surface area contributed by atoms with Crippen molar-refractivity contribution in [2.75, 3.05) is 43.6 Å². The van der Waals surface area contributed by atoms with Crippen LogP contribution in [0.5, 0.6) is 5.75 Å². The van der Waals surface area contributed by atoms with E-state index in [9.17, 15) is 15.2 Å². The van der Waals surface area contributed by atoms with Crippen molar-refractivity contribution in [2.45, 2.75) is 25.0 Å². The molecule has 1 amide bonds. The summed E-state index contributed by atoms with van der Waals surface area (Å²) >= 11 is 0. The number of benzene rings is 1. The Morgan fingerprint density at radius 2 is 2.26 bits per heavy atom. The molecule has 31 heavy (non-hydrogen) atoms. The molecule has 2 N–H and O–H groups in total. The number of pyridine rings is 1. The highest BCUT2D eigenvalue weighted by Crippen LogP contribution is 2.48. The molecule has 2 aromatic rings. The maximum atomic E-state index is 11.6. The van der Waals surface area contributed by atoms with Crippen molar-refractivity contribution in [1.82, 2.24) is 9.88 Å². The lowest BCUT2D eigenvalue weighted by atomic mass is 9.88. The SMILES string of the molecule is COc1cnc(C#N)c(Nc2cc3c4c(c2)[C@@H]2CN(C(=O)O)CC[C@@H]2N4CCOC3)c1. The predicted octanol–water partition coefficient (Wildman–Crippen LogP) is 2.89. The molecule has 3 aliphatic rings. The molecule has 3 aliphatic heterocycles. The molecular formula is C22H23N5O4. The van der Waals surface area contributed by atoms with E-state index in [0.29, 0.717) is 37.7 Å². The number of fused-ring (bicyclic) bond motifs is 3. The second-order valence-corrected chi connectivity index (χ2v) is 8.02. The van der Waals surface area contributed by atoms with E-state index >= 15 is 0 Å². The first-order valence-electron chi connectivity index (χ1n) is 10.3. The Hall–Kier alpha value is -3.51. The van der Waals surface area contributed by atoms with Gasteiger partial charge in [-0.2, -0.15) is 5.26 Å². The minimum Gasteiger partial charge on any atom is -0.495 e. The van der Waals surface area contributed by atoms with Crippen LogP contribution in [0.15, 0.2) is 24.4 Å². The van der Waals surface area contributed by atoms with Crippen LogP contribution in [0.3, 0.4) is 0 Å². The van der Waals surface area contributed by atoms with Gasteiger partial charge in [0.1, 0.15) is 11.8 Å². The van der Waals surface area contributed by atoms with Crippen molar-refractivity contribution in [3.8, 4) is 11.8 Å². The zero-order valence-corrected chi connectivity index (χ0v) is 17.2. The lowest BCUT2D eigenvalue weighted by molar-refractivity contribution is 0.120. The fourth-order valence-corrected chi connectivity index (χ4v) is 5.01. The van der Waals surface area contributed by atoms with Crippen LogP contribution in [-0.4, -0.2) is 60.5 Å². The third kappa shape index (κ3) is 3.29. The Kier molecular flexibility index (Phi) is 4.79. The van der Waals surface area contributed by atoms with Gasteiger partial charge in [0.25, 0.3) is 0 Å². The number of aromatic nitrogens is 1. The zero-order valence-electron chi connectivity index (χ0n) is 17.2. The number of hydrogen-bond acceptors (Lipinski definition) is 7. The number of piperidine rings is 1. The fourth-order valence-electron chi connectivity index (χ4n) is 5.01. The maximum absolute atomic E-state index is 11.6. The van der Waals surface area contributed by atoms with Gasteiger partial charge in [0.2, 0.25) is 0 Å². The predicted molar refractivity (Wildman–Crippen MR) is 113 cm³/mol. The molecule has 9 heteroatoms. The van der Waals surface area contributed by atoms with E-state index < -0.39 is 6.09 Å². The van der Waals surface area contributed by atoms with Crippen molar-refractivity contribution < 1.29 is 19.4 Å². The maximum Gasteiger partial charge on any atom is 0.407 e. The van der Waals surface area contributed by atoms with Crippen LogP contribution in [0.2, 0.25) is 0 Å². The number of rotatable bonds is 3. The van der Waals surface area contributed by atoms with Crippen molar-refractivity contribution in [1.29, 1.82) is 5.26 Å². The molecule has 0 saturated carbocycles. The highest BCUT2D eigenvalue weighted by atomic mass is 16.5. The van der Waals surface area contributed by atoms with E-state index in [1.807, 2.05) is 6.07 Å². The van der Waals surface area contributed by atoms with E-state index in [2.05, 4.69) is 27.3 Å². The van der Waals surface area contributed by atoms with E-state index in [0.717, 1.165) is 29.8 Å². The number of methoxy groups -OCH3 is 1. The standard InChI is InChI=1S/C22H23N5O4/c1-30-15-8-18(19(9-23)24-10-15)25-14-6-13-12-31-5-4-27-20-2-3-26(22(28)29)11-17(20)16(7-14)21(13)27/h6-8,10,17,20,25H,2-5,11-12H2,1H3,(H,28,29)/t17-,20-/m0/s1. The van der Waals surface area contributed by atoms with Crippen LogP contribution in [0, 0.1) is 11.3 Å². The summed E-state index contributed by atoms with van der Waals surface area (Å²) in [5.41, 5.74) is 5.04. The Morgan fingerprint density at radius 1 is 1.39 bits per heavy atom. The van der Waals surface area contributed by atoms with E-state index in [1.165, 1.54) is 16.8 Å². The third-order valence-electron chi connectivity index (χ3n) is 6.37. The number of carboxylic acid groups (broad SMARTS) is 1. The van der Waals surface area contributed by atoms with Crippen molar-refractivity contribution in [2.24, 2.45) is 0 Å². The number of ether oxygens (including phenoxy) is 2. The summed E-state index contributed by atoms with van der Waals surface area (Å²) in [6.07, 6.45) is 1.44. The van der Waals surface area contributed by atoms with Crippen LogP contribution in [-0.2, 0) is 11.3 Å². The van der Waals surface area contributed by atoms with Gasteiger partial charge in [0.05, 0.1) is 32.2 Å². The lowest BCUT2D eigenvalue weighted by Gasteiger charge is -2.37. The van der Waals surface area contributed by atoms with Gasteiger partial charge < -0.3 is 29.7 Å². The summed E-state index contributed by atoms with van der Waals surface area (Å²) in [6, 6.07) is 8.25. The minimum atomic E-state index is -0.871. The smallest absolute Gasteiger partial charge is 0.407 e. The van der Waals surface area contributed by atoms with Crippen LogP contribution in [0.25, 0.3) is 0 Å². The second-order valence-electron chi connectivity index (χ2n) is 8.02. The molecule has 1 saturated heterocycles. The van der Waals surface area contributed by atoms with E-state index in [-0.39, 0.29) is 17.7 Å². The molecule has 5 rings (SSSR count). The molecule has 0 unspecified atom stereocenters. The topological polar surface area (TPSA) is 111 Å². The molecule has 1 aromatic heterocycles. The highest BCUT2D eigenvalue weighted by Gasteiger charge is 2.44. The number of carbonyl (C=O) groups is 1. The van der Waals surface area contributed by atoms with Crippen molar-refractivity contribution in [3.63, 3.8) is 0 Å². The monoisotopic (exact) mass is 421 g/mol. The van der Waals surface area contributed by atoms with Gasteiger partial charge in [-0.15, -0.1) is 0 Å². The van der Waals surface area contributed by atoms with Crippen LogP contribution < -0.4 is 15.0 Å². The molecule has 0 radical (unpaired) electrons. The first kappa shape index (κ1) is 19.5. The molecule has 4 heterocycles. The van der Waals surface area contributed by atoms with Crippen molar-refractivity contribution >= 4 is 23.2 Å². The van der Waals surface area contributed by atoms with Gasteiger partial charge >= 0.3 is 6.09 Å². The van der Waals surface area contributed by atoms with Gasteiger partial charge in [0, 0.05) is 54.6 Å². The molecule has 0 spiro atoms. The largest absolute Gasteiger partial charge is 0.495 e. The molecule has 1 aromatic carbocycles. The summed E-state index contributed by atoms with van der Waals surface area (Å²) in [7, 11) is 1.55.